The topological polar surface area (TPSA) is 57.5 Å². The Morgan fingerprint density at radius 3 is 2.54 bits per heavy atom. The number of carbonyl (C=O) groups is 1. The molecule has 0 aliphatic heterocycles. The van der Waals surface area contributed by atoms with E-state index in [1.54, 1.807) is 0 Å². The van der Waals surface area contributed by atoms with Crippen LogP contribution in [-0.2, 0) is 4.79 Å². The fourth-order valence-electron chi connectivity index (χ4n) is 0.404. The van der Waals surface area contributed by atoms with Crippen LogP contribution >= 0.6 is 0 Å². The third-order valence-electron chi connectivity index (χ3n) is 1.38. The maximum absolute atomic E-state index is 10.7. The van der Waals surface area contributed by atoms with Crippen molar-refractivity contribution in [3.63, 3.8) is 0 Å². The first-order valence-corrected chi connectivity index (χ1v) is 3.85. The molecule has 3 heteroatoms. The number of carbonyl (C=O) groups excluding carboxylic acids is 1. The smallest absolute Gasteiger partial charge is 0.181 e. The van der Waals surface area contributed by atoms with E-state index < -0.39 is 11.4 Å². The Bertz CT molecular complexity index is 294. The van der Waals surface area contributed by atoms with Gasteiger partial charge in [-0.05, 0) is 31.6 Å². The average molecular weight is 180 g/mol. The Kier molecular flexibility index (Phi) is 4.84. The Hall–Kier alpha value is -1.29. The third kappa shape index (κ3) is 5.03. The minimum atomic E-state index is -1.62. The first-order valence-electron chi connectivity index (χ1n) is 3.85. The van der Waals surface area contributed by atoms with Crippen LogP contribution in [0.1, 0.15) is 20.3 Å². The monoisotopic (exact) mass is 180 g/mol. The summed E-state index contributed by atoms with van der Waals surface area (Å²) in [7, 11) is 0. The second-order valence-corrected chi connectivity index (χ2v) is 2.65. The minimum Gasteiger partial charge on any atom is -0.395 e. The Morgan fingerprint density at radius 2 is 2.08 bits per heavy atom. The van der Waals surface area contributed by atoms with Crippen molar-refractivity contribution in [1.29, 1.82) is 0 Å². The first kappa shape index (κ1) is 11.7. The van der Waals surface area contributed by atoms with Crippen molar-refractivity contribution < 1.29 is 15.0 Å². The van der Waals surface area contributed by atoms with Gasteiger partial charge in [-0.15, -0.1) is 0 Å². The summed E-state index contributed by atoms with van der Waals surface area (Å²) in [6, 6.07) is 0. The molecule has 0 aliphatic rings. The van der Waals surface area contributed by atoms with Gasteiger partial charge < -0.3 is 10.2 Å². The zero-order valence-electron chi connectivity index (χ0n) is 7.72. The van der Waals surface area contributed by atoms with Gasteiger partial charge in [0.15, 0.2) is 11.4 Å². The lowest BCUT2D eigenvalue weighted by atomic mass is 10.0. The van der Waals surface area contributed by atoms with E-state index in [0.717, 1.165) is 0 Å². The van der Waals surface area contributed by atoms with E-state index in [-0.39, 0.29) is 6.61 Å². The van der Waals surface area contributed by atoms with Crippen molar-refractivity contribution >= 4 is 5.78 Å². The Labute approximate surface area is 77.8 Å². The molecule has 0 aliphatic carbocycles. The average Bonchev–Trinajstić information content (AvgIpc) is 2.03. The predicted octanol–water partition coefficient (Wildman–Crippen LogP) is -0.284. The van der Waals surface area contributed by atoms with E-state index in [1.807, 2.05) is 0 Å². The number of aliphatic hydroxyl groups excluding tert-OH is 1. The van der Waals surface area contributed by atoms with Crippen LogP contribution in [0.25, 0.3) is 0 Å². The van der Waals surface area contributed by atoms with Crippen LogP contribution in [0.2, 0.25) is 0 Å². The highest BCUT2D eigenvalue weighted by atomic mass is 16.3. The summed E-state index contributed by atoms with van der Waals surface area (Å²) in [5.41, 5.74) is -1.62. The predicted molar refractivity (Wildman–Crippen MR) is 48.6 cm³/mol. The number of aliphatic hydroxyl groups is 2. The van der Waals surface area contributed by atoms with Crippen molar-refractivity contribution in [1.82, 2.24) is 0 Å². The molecule has 0 amide bonds. The summed E-state index contributed by atoms with van der Waals surface area (Å²) in [5.74, 6) is 9.22. The van der Waals surface area contributed by atoms with Gasteiger partial charge in [0.2, 0.25) is 0 Å². The SMILES string of the molecule is CC(=O)C(C)(O)C#CC#CCCO. The standard InChI is InChI=1S/C10H12O3/c1-9(12)10(2,13)7-5-3-4-6-8-11/h11,13H,6,8H2,1-2H3. The molecule has 2 N–H and O–H groups in total. The zero-order chi connectivity index (χ0) is 10.3. The molecule has 3 nitrogen and oxygen atoms in total. The molecular weight excluding hydrogens is 168 g/mol. The van der Waals surface area contributed by atoms with Crippen LogP contribution in [0.4, 0.5) is 0 Å². The number of hydrogen-bond acceptors (Lipinski definition) is 3. The summed E-state index contributed by atoms with van der Waals surface area (Å²) in [5, 5.41) is 17.7. The molecule has 0 heterocycles. The molecule has 0 aromatic carbocycles. The lowest BCUT2D eigenvalue weighted by Crippen LogP contribution is -2.30. The normalized spacial score (nSPS) is 12.9. The largest absolute Gasteiger partial charge is 0.395 e. The number of hydrogen-bond donors (Lipinski definition) is 2. The lowest BCUT2D eigenvalue weighted by Gasteiger charge is -2.09. The summed E-state index contributed by atoms with van der Waals surface area (Å²) >= 11 is 0. The highest BCUT2D eigenvalue weighted by Crippen LogP contribution is 2.00. The molecule has 0 spiro atoms. The van der Waals surface area contributed by atoms with E-state index in [2.05, 4.69) is 23.7 Å². The first-order chi connectivity index (χ1) is 6.00. The highest BCUT2D eigenvalue weighted by Gasteiger charge is 2.22. The van der Waals surface area contributed by atoms with E-state index >= 15 is 0 Å². The minimum absolute atomic E-state index is 0.0161. The van der Waals surface area contributed by atoms with E-state index in [1.165, 1.54) is 13.8 Å². The molecule has 0 rings (SSSR count). The fourth-order valence-corrected chi connectivity index (χ4v) is 0.404. The number of Topliss-reactive ketones (excluding diaryl/α,β-unsaturated/α-hetero) is 1. The van der Waals surface area contributed by atoms with Crippen molar-refractivity contribution in [2.24, 2.45) is 0 Å². The van der Waals surface area contributed by atoms with E-state index in [0.29, 0.717) is 6.42 Å². The van der Waals surface area contributed by atoms with Gasteiger partial charge in [-0.1, -0.05) is 5.92 Å². The van der Waals surface area contributed by atoms with Crippen LogP contribution in [-0.4, -0.2) is 28.2 Å². The molecule has 0 radical (unpaired) electrons. The molecule has 0 aromatic rings. The van der Waals surface area contributed by atoms with Crippen molar-refractivity contribution in [3.05, 3.63) is 0 Å². The van der Waals surface area contributed by atoms with Gasteiger partial charge in [0.1, 0.15) is 0 Å². The quantitative estimate of drug-likeness (QED) is 0.574. The molecule has 1 atom stereocenters. The van der Waals surface area contributed by atoms with Crippen LogP contribution < -0.4 is 0 Å². The molecule has 0 bridgehead atoms. The maximum atomic E-state index is 10.7. The highest BCUT2D eigenvalue weighted by molar-refractivity contribution is 5.87. The second kappa shape index (κ2) is 5.37. The van der Waals surface area contributed by atoms with Gasteiger partial charge in [-0.3, -0.25) is 4.79 Å². The summed E-state index contributed by atoms with van der Waals surface area (Å²) in [4.78, 5) is 10.7. The third-order valence-corrected chi connectivity index (χ3v) is 1.38. The van der Waals surface area contributed by atoms with Gasteiger partial charge in [0.25, 0.3) is 0 Å². The van der Waals surface area contributed by atoms with Crippen molar-refractivity contribution in [2.45, 2.75) is 25.9 Å². The van der Waals surface area contributed by atoms with Gasteiger partial charge in [0, 0.05) is 6.42 Å². The van der Waals surface area contributed by atoms with Crippen LogP contribution in [0.15, 0.2) is 0 Å². The van der Waals surface area contributed by atoms with Crippen LogP contribution in [0.5, 0.6) is 0 Å². The molecule has 0 saturated heterocycles. The maximum Gasteiger partial charge on any atom is 0.181 e. The van der Waals surface area contributed by atoms with E-state index in [4.69, 9.17) is 5.11 Å². The summed E-state index contributed by atoms with van der Waals surface area (Å²) < 4.78 is 0. The molecule has 0 aromatic heterocycles. The van der Waals surface area contributed by atoms with Gasteiger partial charge in [-0.2, -0.15) is 0 Å². The Morgan fingerprint density at radius 1 is 1.46 bits per heavy atom. The second-order valence-electron chi connectivity index (χ2n) is 2.65. The Balaban J connectivity index is 4.27. The molecule has 70 valence electrons. The van der Waals surface area contributed by atoms with Crippen molar-refractivity contribution in [3.8, 4) is 23.7 Å². The van der Waals surface area contributed by atoms with Gasteiger partial charge >= 0.3 is 0 Å². The fraction of sp³-hybridized carbons (Fsp3) is 0.500. The molecular formula is C10H12O3. The molecule has 1 unspecified atom stereocenters. The van der Waals surface area contributed by atoms with Crippen LogP contribution in [0, 0.1) is 23.7 Å². The van der Waals surface area contributed by atoms with Gasteiger partial charge in [0.05, 0.1) is 6.61 Å². The summed E-state index contributed by atoms with van der Waals surface area (Å²) in [6.07, 6.45) is 0.344. The van der Waals surface area contributed by atoms with Gasteiger partial charge in [-0.25, -0.2) is 0 Å². The molecule has 13 heavy (non-hydrogen) atoms. The molecule has 0 fully saturated rings. The zero-order valence-corrected chi connectivity index (χ0v) is 7.72. The van der Waals surface area contributed by atoms with E-state index in [9.17, 15) is 9.90 Å². The molecule has 0 saturated carbocycles. The lowest BCUT2D eigenvalue weighted by molar-refractivity contribution is -0.128. The van der Waals surface area contributed by atoms with Crippen molar-refractivity contribution in [2.75, 3.05) is 6.61 Å². The number of rotatable bonds is 2. The summed E-state index contributed by atoms with van der Waals surface area (Å²) in [6.45, 7) is 2.56. The number of ketones is 1. The van der Waals surface area contributed by atoms with Crippen LogP contribution in [0.3, 0.4) is 0 Å².